The molecule has 3 nitrogen and oxygen atoms in total. The van der Waals surface area contributed by atoms with E-state index in [-0.39, 0.29) is 0 Å². The molecule has 0 unspecified atom stereocenters. The van der Waals surface area contributed by atoms with Crippen molar-refractivity contribution in [2.24, 2.45) is 0 Å². The van der Waals surface area contributed by atoms with Gasteiger partial charge in [0.1, 0.15) is 0 Å². The highest BCUT2D eigenvalue weighted by atomic mass is 79.9. The average Bonchev–Trinajstić information content (AvgIpc) is 2.98. The van der Waals surface area contributed by atoms with Gasteiger partial charge in [0, 0.05) is 29.6 Å². The molecule has 0 fully saturated rings. The number of para-hydroxylation sites is 1. The molecule has 0 spiro atoms. The quantitative estimate of drug-likeness (QED) is 0.662. The van der Waals surface area contributed by atoms with Gasteiger partial charge in [0.2, 0.25) is 0 Å². The Balaban J connectivity index is 2.13. The van der Waals surface area contributed by atoms with Crippen molar-refractivity contribution in [2.45, 2.75) is 12.3 Å². The number of benzene rings is 1. The van der Waals surface area contributed by atoms with Crippen molar-refractivity contribution in [3.8, 4) is 0 Å². The van der Waals surface area contributed by atoms with Crippen LogP contribution in [-0.4, -0.2) is 16.4 Å². The molecule has 0 N–H and O–H groups in total. The molecule has 19 heavy (non-hydrogen) atoms. The van der Waals surface area contributed by atoms with E-state index >= 15 is 0 Å². The van der Waals surface area contributed by atoms with Gasteiger partial charge < -0.3 is 4.90 Å². The van der Waals surface area contributed by atoms with Gasteiger partial charge in [-0.25, -0.2) is 4.98 Å². The zero-order chi connectivity index (χ0) is 13.4. The molecule has 2 heterocycles. The summed E-state index contributed by atoms with van der Waals surface area (Å²) in [6.45, 7) is 2.12. The molecule has 0 atom stereocenters. The van der Waals surface area contributed by atoms with Crippen LogP contribution in [0.2, 0.25) is 0 Å². The van der Waals surface area contributed by atoms with Crippen LogP contribution in [0, 0.1) is 6.92 Å². The van der Waals surface area contributed by atoms with E-state index in [4.69, 9.17) is 4.98 Å². The van der Waals surface area contributed by atoms with Gasteiger partial charge >= 0.3 is 0 Å². The third-order valence-electron chi connectivity index (χ3n) is 3.26. The van der Waals surface area contributed by atoms with Crippen molar-refractivity contribution in [1.29, 1.82) is 0 Å². The standard InChI is InChI=1S/C14H14BrN3S/c1-10-5-3-4-6-11(10)17(2)13-12(9-15)18-7-8-19-14(18)16-13/h3-8H,9H2,1-2H3. The lowest BCUT2D eigenvalue weighted by atomic mass is 10.2. The van der Waals surface area contributed by atoms with Crippen LogP contribution in [0.1, 0.15) is 11.3 Å². The van der Waals surface area contributed by atoms with E-state index < -0.39 is 0 Å². The molecule has 3 aromatic rings. The predicted octanol–water partition coefficient (Wildman–Crippen LogP) is 4.37. The van der Waals surface area contributed by atoms with Crippen molar-refractivity contribution >= 4 is 43.7 Å². The fraction of sp³-hybridized carbons (Fsp3) is 0.214. The zero-order valence-electron chi connectivity index (χ0n) is 10.8. The molecule has 0 radical (unpaired) electrons. The third-order valence-corrected chi connectivity index (χ3v) is 4.55. The first-order chi connectivity index (χ1) is 9.22. The van der Waals surface area contributed by atoms with Crippen LogP contribution in [0.4, 0.5) is 11.5 Å². The van der Waals surface area contributed by atoms with Gasteiger partial charge in [-0.1, -0.05) is 34.1 Å². The molecule has 0 saturated heterocycles. The number of rotatable bonds is 3. The van der Waals surface area contributed by atoms with Crippen molar-refractivity contribution in [2.75, 3.05) is 11.9 Å². The molecule has 0 amide bonds. The SMILES string of the molecule is Cc1ccccc1N(C)c1nc2sccn2c1CBr. The molecular formula is C14H14BrN3S. The number of aromatic nitrogens is 2. The van der Waals surface area contributed by atoms with Crippen molar-refractivity contribution in [3.05, 3.63) is 47.1 Å². The van der Waals surface area contributed by atoms with E-state index in [9.17, 15) is 0 Å². The number of anilines is 2. The number of nitrogens with zero attached hydrogens (tertiary/aromatic N) is 3. The molecule has 0 bridgehead atoms. The third kappa shape index (κ3) is 2.07. The van der Waals surface area contributed by atoms with Gasteiger partial charge in [-0.15, -0.1) is 11.3 Å². The van der Waals surface area contributed by atoms with Crippen LogP contribution in [0.5, 0.6) is 0 Å². The highest BCUT2D eigenvalue weighted by Crippen LogP contribution is 2.31. The zero-order valence-corrected chi connectivity index (χ0v) is 13.2. The Morgan fingerprint density at radius 3 is 2.89 bits per heavy atom. The Labute approximate surface area is 124 Å². The summed E-state index contributed by atoms with van der Waals surface area (Å²) in [5.41, 5.74) is 3.62. The fourth-order valence-corrected chi connectivity index (χ4v) is 3.52. The number of hydrogen-bond donors (Lipinski definition) is 0. The summed E-state index contributed by atoms with van der Waals surface area (Å²) in [5, 5.41) is 2.85. The second-order valence-corrected chi connectivity index (χ2v) is 5.85. The van der Waals surface area contributed by atoms with E-state index in [0.717, 1.165) is 16.1 Å². The maximum Gasteiger partial charge on any atom is 0.195 e. The largest absolute Gasteiger partial charge is 0.328 e. The molecule has 3 rings (SSSR count). The number of imidazole rings is 1. The number of aryl methyl sites for hydroxylation is 1. The van der Waals surface area contributed by atoms with Gasteiger partial charge in [0.15, 0.2) is 10.8 Å². The van der Waals surface area contributed by atoms with Gasteiger partial charge in [-0.2, -0.15) is 0 Å². The van der Waals surface area contributed by atoms with E-state index in [2.05, 4.69) is 75.0 Å². The lowest BCUT2D eigenvalue weighted by Gasteiger charge is -2.20. The maximum atomic E-state index is 4.74. The Morgan fingerprint density at radius 1 is 1.37 bits per heavy atom. The maximum absolute atomic E-state index is 4.74. The average molecular weight is 336 g/mol. The summed E-state index contributed by atoms with van der Waals surface area (Å²) in [7, 11) is 2.07. The van der Waals surface area contributed by atoms with Crippen LogP contribution < -0.4 is 4.90 Å². The normalized spacial score (nSPS) is 11.1. The first-order valence-corrected chi connectivity index (χ1v) is 8.02. The van der Waals surface area contributed by atoms with Crippen LogP contribution in [0.3, 0.4) is 0 Å². The smallest absolute Gasteiger partial charge is 0.195 e. The molecule has 5 heteroatoms. The number of fused-ring (bicyclic) bond motifs is 1. The van der Waals surface area contributed by atoms with Crippen LogP contribution in [0.25, 0.3) is 4.96 Å². The molecule has 0 saturated carbocycles. The topological polar surface area (TPSA) is 20.5 Å². The highest BCUT2D eigenvalue weighted by Gasteiger charge is 2.17. The molecular weight excluding hydrogens is 322 g/mol. The van der Waals surface area contributed by atoms with E-state index in [1.165, 1.54) is 16.9 Å². The second kappa shape index (κ2) is 4.98. The minimum atomic E-state index is 0.788. The number of alkyl halides is 1. The second-order valence-electron chi connectivity index (χ2n) is 4.42. The molecule has 98 valence electrons. The Bertz CT molecular complexity index is 716. The first kappa shape index (κ1) is 12.7. The summed E-state index contributed by atoms with van der Waals surface area (Å²) in [6.07, 6.45) is 2.07. The monoisotopic (exact) mass is 335 g/mol. The summed E-state index contributed by atoms with van der Waals surface area (Å²) in [4.78, 5) is 7.93. The van der Waals surface area contributed by atoms with Gasteiger partial charge in [-0.3, -0.25) is 4.40 Å². The van der Waals surface area contributed by atoms with Crippen molar-refractivity contribution in [3.63, 3.8) is 0 Å². The summed E-state index contributed by atoms with van der Waals surface area (Å²) in [6, 6.07) is 8.37. The summed E-state index contributed by atoms with van der Waals surface area (Å²) < 4.78 is 2.14. The summed E-state index contributed by atoms with van der Waals surface area (Å²) in [5.74, 6) is 1.01. The van der Waals surface area contributed by atoms with Crippen LogP contribution in [-0.2, 0) is 5.33 Å². The lowest BCUT2D eigenvalue weighted by Crippen LogP contribution is -2.13. The van der Waals surface area contributed by atoms with Crippen LogP contribution >= 0.6 is 27.3 Å². The van der Waals surface area contributed by atoms with E-state index in [1.807, 2.05) is 0 Å². The predicted molar refractivity (Wildman–Crippen MR) is 84.9 cm³/mol. The number of halogens is 1. The van der Waals surface area contributed by atoms with Gasteiger partial charge in [0.25, 0.3) is 0 Å². The highest BCUT2D eigenvalue weighted by molar-refractivity contribution is 9.08. The molecule has 0 aliphatic heterocycles. The molecule has 0 aliphatic carbocycles. The molecule has 2 aromatic heterocycles. The lowest BCUT2D eigenvalue weighted by molar-refractivity contribution is 1.08. The first-order valence-electron chi connectivity index (χ1n) is 6.02. The Kier molecular flexibility index (Phi) is 3.33. The van der Waals surface area contributed by atoms with E-state index in [1.54, 1.807) is 11.3 Å². The number of thiazole rings is 1. The Hall–Kier alpha value is -1.33. The molecule has 1 aromatic carbocycles. The van der Waals surface area contributed by atoms with E-state index in [0.29, 0.717) is 0 Å². The minimum Gasteiger partial charge on any atom is -0.328 e. The Morgan fingerprint density at radius 2 is 2.16 bits per heavy atom. The van der Waals surface area contributed by atoms with Gasteiger partial charge in [-0.05, 0) is 18.6 Å². The van der Waals surface area contributed by atoms with Crippen molar-refractivity contribution in [1.82, 2.24) is 9.38 Å². The van der Waals surface area contributed by atoms with Gasteiger partial charge in [0.05, 0.1) is 5.69 Å². The van der Waals surface area contributed by atoms with Crippen molar-refractivity contribution < 1.29 is 0 Å². The summed E-state index contributed by atoms with van der Waals surface area (Å²) >= 11 is 5.23. The van der Waals surface area contributed by atoms with Crippen LogP contribution in [0.15, 0.2) is 35.8 Å². The molecule has 0 aliphatic rings. The fourth-order valence-electron chi connectivity index (χ4n) is 2.27. The minimum absolute atomic E-state index is 0.788. The number of hydrogen-bond acceptors (Lipinski definition) is 3.